The predicted octanol–water partition coefficient (Wildman–Crippen LogP) is 5.70. The Bertz CT molecular complexity index is 1130. The Morgan fingerprint density at radius 2 is 1.87 bits per heavy atom. The molecule has 2 aliphatic rings. The number of benzene rings is 2. The van der Waals surface area contributed by atoms with Crippen LogP contribution in [0.1, 0.15) is 44.7 Å². The van der Waals surface area contributed by atoms with Crippen LogP contribution < -0.4 is 9.47 Å². The molecule has 30 heavy (non-hydrogen) atoms. The van der Waals surface area contributed by atoms with Gasteiger partial charge in [0, 0.05) is 38.3 Å². The van der Waals surface area contributed by atoms with Crippen LogP contribution in [0.15, 0.2) is 42.5 Å². The summed E-state index contributed by atoms with van der Waals surface area (Å²) in [5.74, 6) is 1.31. The third-order valence-corrected chi connectivity index (χ3v) is 7.07. The van der Waals surface area contributed by atoms with Crippen molar-refractivity contribution in [1.82, 2.24) is 0 Å². The normalized spacial score (nSPS) is 19.1. The molecule has 0 saturated heterocycles. The summed E-state index contributed by atoms with van der Waals surface area (Å²) in [6.07, 6.45) is 0.985. The van der Waals surface area contributed by atoms with Gasteiger partial charge in [0.25, 0.3) is 0 Å². The van der Waals surface area contributed by atoms with E-state index in [2.05, 4.69) is 50.2 Å². The van der Waals surface area contributed by atoms with Crippen molar-refractivity contribution in [2.24, 2.45) is 0 Å². The average molecular weight is 421 g/mol. The van der Waals surface area contributed by atoms with Crippen LogP contribution in [-0.4, -0.2) is 24.3 Å². The number of carboxylic acid groups (broad SMARTS) is 1. The maximum Gasteiger partial charge on any atom is 0.304 e. The lowest BCUT2D eigenvalue weighted by molar-refractivity contribution is -0.137. The summed E-state index contributed by atoms with van der Waals surface area (Å²) in [5.41, 5.74) is 5.92. The molecule has 5 rings (SSSR count). The van der Waals surface area contributed by atoms with Crippen LogP contribution in [0, 0.1) is 13.8 Å². The molecule has 0 amide bonds. The summed E-state index contributed by atoms with van der Waals surface area (Å²) in [4.78, 5) is 13.7. The van der Waals surface area contributed by atoms with E-state index >= 15 is 0 Å². The second kappa shape index (κ2) is 7.47. The number of aryl methyl sites for hydroxylation is 2. The zero-order chi connectivity index (χ0) is 20.8. The van der Waals surface area contributed by atoms with Crippen molar-refractivity contribution in [1.29, 1.82) is 0 Å². The van der Waals surface area contributed by atoms with Crippen molar-refractivity contribution in [2.45, 2.75) is 38.5 Å². The molecule has 3 heterocycles. The zero-order valence-corrected chi connectivity index (χ0v) is 17.9. The molecule has 0 spiro atoms. The Hall–Kier alpha value is -2.79. The fourth-order valence-corrected chi connectivity index (χ4v) is 5.64. The topological polar surface area (TPSA) is 55.8 Å². The molecule has 0 unspecified atom stereocenters. The molecule has 5 heteroatoms. The van der Waals surface area contributed by atoms with Crippen molar-refractivity contribution in [3.8, 4) is 22.6 Å². The predicted molar refractivity (Wildman–Crippen MR) is 118 cm³/mol. The van der Waals surface area contributed by atoms with Gasteiger partial charge in [-0.2, -0.15) is 0 Å². The van der Waals surface area contributed by atoms with Crippen LogP contribution in [0.2, 0.25) is 0 Å². The van der Waals surface area contributed by atoms with E-state index in [1.54, 1.807) is 0 Å². The van der Waals surface area contributed by atoms with Crippen molar-refractivity contribution >= 4 is 17.3 Å². The molecule has 3 aromatic rings. The number of carbonyl (C=O) groups is 1. The number of aliphatic carboxylic acids is 1. The van der Waals surface area contributed by atoms with Gasteiger partial charge in [-0.05, 0) is 43.5 Å². The number of fused-ring (bicyclic) bond motifs is 2. The van der Waals surface area contributed by atoms with E-state index in [0.717, 1.165) is 23.5 Å². The number of rotatable bonds is 5. The average Bonchev–Trinajstić information content (AvgIpc) is 3.39. The van der Waals surface area contributed by atoms with Gasteiger partial charge in [0.1, 0.15) is 11.5 Å². The van der Waals surface area contributed by atoms with Crippen molar-refractivity contribution in [3.05, 3.63) is 68.9 Å². The van der Waals surface area contributed by atoms with Gasteiger partial charge in [-0.15, -0.1) is 11.3 Å². The monoisotopic (exact) mass is 420 g/mol. The molecule has 0 fully saturated rings. The van der Waals surface area contributed by atoms with Crippen LogP contribution in [0.25, 0.3) is 11.1 Å². The molecule has 2 atom stereocenters. The highest BCUT2D eigenvalue weighted by Crippen LogP contribution is 2.45. The van der Waals surface area contributed by atoms with E-state index in [4.69, 9.17) is 14.6 Å². The lowest BCUT2D eigenvalue weighted by Gasteiger charge is -2.11. The van der Waals surface area contributed by atoms with E-state index < -0.39 is 5.97 Å². The molecule has 2 aromatic carbocycles. The molecule has 2 aliphatic heterocycles. The Labute approximate surface area is 180 Å². The molecule has 154 valence electrons. The molecular weight excluding hydrogens is 396 g/mol. The fraction of sp³-hybridized carbons (Fsp3) is 0.320. The number of hydrogen-bond donors (Lipinski definition) is 1. The van der Waals surface area contributed by atoms with Gasteiger partial charge < -0.3 is 14.6 Å². The van der Waals surface area contributed by atoms with Crippen molar-refractivity contribution in [2.75, 3.05) is 13.2 Å². The minimum absolute atomic E-state index is 0.0537. The highest BCUT2D eigenvalue weighted by atomic mass is 32.1. The van der Waals surface area contributed by atoms with Crippen LogP contribution in [0.4, 0.5) is 0 Å². The Kier molecular flexibility index (Phi) is 4.78. The maximum absolute atomic E-state index is 11.1. The first-order valence-electron chi connectivity index (χ1n) is 10.3. The molecule has 0 bridgehead atoms. The Morgan fingerprint density at radius 3 is 2.63 bits per heavy atom. The second-order valence-corrected chi connectivity index (χ2v) is 9.70. The summed E-state index contributed by atoms with van der Waals surface area (Å²) in [6, 6.07) is 14.9. The van der Waals surface area contributed by atoms with E-state index in [0.29, 0.717) is 19.1 Å². The zero-order valence-electron chi connectivity index (χ0n) is 17.1. The molecule has 0 saturated carbocycles. The van der Waals surface area contributed by atoms with Crippen LogP contribution in [0.5, 0.6) is 11.5 Å². The van der Waals surface area contributed by atoms with Crippen molar-refractivity contribution in [3.63, 3.8) is 0 Å². The maximum atomic E-state index is 11.1. The number of ether oxygens (including phenoxy) is 2. The number of thiophene rings is 1. The molecular formula is C25H24O4S. The van der Waals surface area contributed by atoms with Gasteiger partial charge in [0.2, 0.25) is 0 Å². The third-order valence-electron chi connectivity index (χ3n) is 6.11. The van der Waals surface area contributed by atoms with Crippen LogP contribution in [-0.2, 0) is 11.2 Å². The molecule has 1 N–H and O–H groups in total. The summed E-state index contributed by atoms with van der Waals surface area (Å²) in [7, 11) is 0. The summed E-state index contributed by atoms with van der Waals surface area (Å²) in [6.45, 7) is 5.43. The van der Waals surface area contributed by atoms with E-state index in [9.17, 15) is 4.79 Å². The van der Waals surface area contributed by atoms with Gasteiger partial charge >= 0.3 is 5.97 Å². The first kappa shape index (κ1) is 19.2. The molecule has 0 radical (unpaired) electrons. The highest BCUT2D eigenvalue weighted by molar-refractivity contribution is 7.12. The Morgan fingerprint density at radius 1 is 1.03 bits per heavy atom. The van der Waals surface area contributed by atoms with E-state index in [1.807, 2.05) is 17.4 Å². The smallest absolute Gasteiger partial charge is 0.304 e. The standard InChI is InChI=1S/C25H24O4S/c1-14-8-22(15(2)30-14)21-5-3-4-20-17(13-29-25(20)21)9-16-6-7-19-18(11-24(26)27)12-28-23(19)10-16/h3-8,10,17-18H,9,11-13H2,1-2H3,(H,26,27)/t17-,18-/m1/s1. The minimum atomic E-state index is -0.785. The first-order valence-corrected chi connectivity index (χ1v) is 11.1. The van der Waals surface area contributed by atoms with Gasteiger partial charge in [-0.1, -0.05) is 30.3 Å². The summed E-state index contributed by atoms with van der Waals surface area (Å²) in [5, 5.41) is 9.09. The highest BCUT2D eigenvalue weighted by Gasteiger charge is 2.30. The second-order valence-electron chi connectivity index (χ2n) is 8.24. The largest absolute Gasteiger partial charge is 0.493 e. The summed E-state index contributed by atoms with van der Waals surface area (Å²) < 4.78 is 12.0. The van der Waals surface area contributed by atoms with Gasteiger partial charge in [-0.3, -0.25) is 4.79 Å². The third kappa shape index (κ3) is 3.37. The van der Waals surface area contributed by atoms with Gasteiger partial charge in [0.15, 0.2) is 0 Å². The van der Waals surface area contributed by atoms with Crippen molar-refractivity contribution < 1.29 is 19.4 Å². The van der Waals surface area contributed by atoms with Gasteiger partial charge in [0.05, 0.1) is 19.6 Å². The lowest BCUT2D eigenvalue weighted by atomic mass is 9.90. The SMILES string of the molecule is Cc1cc(-c2cccc3c2OC[C@H]3Cc2ccc3c(c2)OC[C@H]3CC(=O)O)c(C)s1. The summed E-state index contributed by atoms with van der Waals surface area (Å²) >= 11 is 1.82. The minimum Gasteiger partial charge on any atom is -0.493 e. The molecule has 1 aromatic heterocycles. The molecule has 0 aliphatic carbocycles. The number of carboxylic acids is 1. The first-order chi connectivity index (χ1) is 14.5. The van der Waals surface area contributed by atoms with E-state index in [-0.39, 0.29) is 12.3 Å². The lowest BCUT2D eigenvalue weighted by Crippen LogP contribution is -2.07. The number of para-hydroxylation sites is 1. The Balaban J connectivity index is 1.40. The number of hydrogen-bond acceptors (Lipinski definition) is 4. The van der Waals surface area contributed by atoms with Gasteiger partial charge in [-0.25, -0.2) is 0 Å². The van der Waals surface area contributed by atoms with E-state index in [1.165, 1.54) is 32.0 Å². The fourth-order valence-electron chi connectivity index (χ4n) is 4.70. The van der Waals surface area contributed by atoms with Crippen LogP contribution >= 0.6 is 11.3 Å². The quantitative estimate of drug-likeness (QED) is 0.575. The van der Waals surface area contributed by atoms with Crippen LogP contribution in [0.3, 0.4) is 0 Å². The molecule has 4 nitrogen and oxygen atoms in total.